The van der Waals surface area contributed by atoms with Gasteiger partial charge in [0.2, 0.25) is 0 Å². The van der Waals surface area contributed by atoms with Gasteiger partial charge in [0.05, 0.1) is 13.0 Å². The Hall–Kier alpha value is -1.99. The molecular weight excluding hydrogens is 302 g/mol. The Balaban J connectivity index is 2.48. The van der Waals surface area contributed by atoms with Gasteiger partial charge in [0, 0.05) is 20.1 Å². The minimum atomic E-state index is -4.22. The van der Waals surface area contributed by atoms with Gasteiger partial charge in [-0.2, -0.15) is 13.2 Å². The van der Waals surface area contributed by atoms with Gasteiger partial charge in [-0.05, 0) is 24.6 Å². The first-order valence-electron chi connectivity index (χ1n) is 6.78. The molecule has 0 aliphatic heterocycles. The predicted octanol–water partition coefficient (Wildman–Crippen LogP) is 2.84. The molecule has 0 saturated carbocycles. The minimum absolute atomic E-state index is 0.166. The number of alkyl halides is 3. The Morgan fingerprint density at radius 2 is 2.00 bits per heavy atom. The lowest BCUT2D eigenvalue weighted by molar-refractivity contribution is -0.132. The topological polar surface area (TPSA) is 45.6 Å². The number of hydrogen-bond donors (Lipinski definition) is 2. The van der Waals surface area contributed by atoms with Crippen LogP contribution in [0.4, 0.5) is 17.6 Å². The monoisotopic (exact) mass is 321 g/mol. The van der Waals surface area contributed by atoms with Gasteiger partial charge in [-0.3, -0.25) is 4.99 Å². The predicted molar refractivity (Wildman–Crippen MR) is 76.4 cm³/mol. The van der Waals surface area contributed by atoms with E-state index in [0.29, 0.717) is 12.2 Å². The third kappa shape index (κ3) is 6.64. The van der Waals surface area contributed by atoms with E-state index in [2.05, 4.69) is 15.6 Å². The van der Waals surface area contributed by atoms with Crippen LogP contribution in [0.2, 0.25) is 0 Å². The molecule has 8 heteroatoms. The summed E-state index contributed by atoms with van der Waals surface area (Å²) in [6, 6.07) is 4.49. The zero-order valence-electron chi connectivity index (χ0n) is 12.4. The van der Waals surface area contributed by atoms with Crippen LogP contribution in [0, 0.1) is 5.82 Å². The fourth-order valence-corrected chi connectivity index (χ4v) is 1.66. The summed E-state index contributed by atoms with van der Waals surface area (Å²) < 4.78 is 54.9. The molecule has 0 aliphatic rings. The van der Waals surface area contributed by atoms with Crippen molar-refractivity contribution in [3.05, 3.63) is 29.6 Å². The lowest BCUT2D eigenvalue weighted by Gasteiger charge is -2.13. The van der Waals surface area contributed by atoms with E-state index in [4.69, 9.17) is 4.74 Å². The van der Waals surface area contributed by atoms with Gasteiger partial charge in [0.25, 0.3) is 0 Å². The van der Waals surface area contributed by atoms with Crippen LogP contribution in [-0.4, -0.2) is 32.3 Å². The Bertz CT molecular complexity index is 503. The molecule has 0 radical (unpaired) electrons. The highest BCUT2D eigenvalue weighted by molar-refractivity contribution is 5.79. The smallest absolute Gasteiger partial charge is 0.390 e. The average Bonchev–Trinajstić information content (AvgIpc) is 2.44. The molecule has 0 aromatic heterocycles. The van der Waals surface area contributed by atoms with Gasteiger partial charge >= 0.3 is 6.18 Å². The van der Waals surface area contributed by atoms with Gasteiger partial charge in [-0.1, -0.05) is 6.07 Å². The standard InChI is InChI=1S/C14H19F4N3O/c1-3-22-12-5-4-10(8-11(12)15)9-21-13(19-2)20-7-6-14(16,17)18/h4-5,8H,3,6-7,9H2,1-2H3,(H2,19,20,21). The number of aliphatic imine (C=N–C) groups is 1. The van der Waals surface area contributed by atoms with Gasteiger partial charge in [0.1, 0.15) is 0 Å². The summed E-state index contributed by atoms with van der Waals surface area (Å²) >= 11 is 0. The highest BCUT2D eigenvalue weighted by atomic mass is 19.4. The Kier molecular flexibility index (Phi) is 6.94. The maximum Gasteiger partial charge on any atom is 0.390 e. The normalized spacial score (nSPS) is 12.2. The van der Waals surface area contributed by atoms with Gasteiger partial charge in [0.15, 0.2) is 17.5 Å². The molecule has 0 unspecified atom stereocenters. The molecule has 22 heavy (non-hydrogen) atoms. The summed E-state index contributed by atoms with van der Waals surface area (Å²) in [6.45, 7) is 2.08. The van der Waals surface area contributed by atoms with E-state index in [1.54, 1.807) is 13.0 Å². The zero-order chi connectivity index (χ0) is 16.6. The minimum Gasteiger partial charge on any atom is -0.491 e. The van der Waals surface area contributed by atoms with E-state index in [1.165, 1.54) is 19.2 Å². The van der Waals surface area contributed by atoms with Crippen LogP contribution in [0.1, 0.15) is 18.9 Å². The van der Waals surface area contributed by atoms with Crippen molar-refractivity contribution in [2.45, 2.75) is 26.1 Å². The van der Waals surface area contributed by atoms with E-state index < -0.39 is 18.4 Å². The maximum atomic E-state index is 13.7. The lowest BCUT2D eigenvalue weighted by atomic mass is 10.2. The van der Waals surface area contributed by atoms with Gasteiger partial charge < -0.3 is 15.4 Å². The quantitative estimate of drug-likeness (QED) is 0.481. The van der Waals surface area contributed by atoms with Crippen LogP contribution in [0.3, 0.4) is 0 Å². The Morgan fingerprint density at radius 3 is 2.55 bits per heavy atom. The van der Waals surface area contributed by atoms with Crippen LogP contribution < -0.4 is 15.4 Å². The third-order valence-corrected chi connectivity index (χ3v) is 2.68. The molecule has 1 aromatic carbocycles. The molecule has 0 saturated heterocycles. The first kappa shape index (κ1) is 18.1. The molecule has 4 nitrogen and oxygen atoms in total. The number of rotatable bonds is 6. The number of halogens is 4. The van der Waals surface area contributed by atoms with Crippen molar-refractivity contribution in [2.75, 3.05) is 20.2 Å². The fourth-order valence-electron chi connectivity index (χ4n) is 1.66. The molecule has 0 fully saturated rings. The molecule has 1 rings (SSSR count). The Labute approximate surface area is 126 Å². The molecule has 0 spiro atoms. The molecule has 124 valence electrons. The van der Waals surface area contributed by atoms with Crippen LogP contribution in [0.25, 0.3) is 0 Å². The summed E-state index contributed by atoms with van der Waals surface area (Å²) in [5, 5.41) is 5.36. The second-order valence-electron chi connectivity index (χ2n) is 4.42. The number of nitrogens with zero attached hydrogens (tertiary/aromatic N) is 1. The second-order valence-corrected chi connectivity index (χ2v) is 4.42. The fraction of sp³-hybridized carbons (Fsp3) is 0.500. The van der Waals surface area contributed by atoms with Gasteiger partial charge in [-0.15, -0.1) is 0 Å². The number of ether oxygens (including phenoxy) is 1. The number of guanidine groups is 1. The van der Waals surface area contributed by atoms with Crippen molar-refractivity contribution in [3.8, 4) is 5.75 Å². The maximum absolute atomic E-state index is 13.7. The molecule has 0 aliphatic carbocycles. The highest BCUT2D eigenvalue weighted by Gasteiger charge is 2.26. The Morgan fingerprint density at radius 1 is 1.27 bits per heavy atom. The largest absolute Gasteiger partial charge is 0.491 e. The first-order valence-corrected chi connectivity index (χ1v) is 6.78. The number of hydrogen-bond acceptors (Lipinski definition) is 2. The van der Waals surface area contributed by atoms with Crippen molar-refractivity contribution in [2.24, 2.45) is 4.99 Å². The summed E-state index contributed by atoms with van der Waals surface area (Å²) in [5.74, 6) is -0.0985. The van der Waals surface area contributed by atoms with Crippen molar-refractivity contribution >= 4 is 5.96 Å². The van der Waals surface area contributed by atoms with Crippen molar-refractivity contribution in [1.82, 2.24) is 10.6 Å². The zero-order valence-corrected chi connectivity index (χ0v) is 12.4. The van der Waals surface area contributed by atoms with Crippen LogP contribution >= 0.6 is 0 Å². The van der Waals surface area contributed by atoms with Crippen molar-refractivity contribution < 1.29 is 22.3 Å². The summed E-state index contributed by atoms with van der Waals surface area (Å²) in [5.41, 5.74) is 0.625. The van der Waals surface area contributed by atoms with Crippen molar-refractivity contribution in [1.29, 1.82) is 0 Å². The van der Waals surface area contributed by atoms with Crippen molar-refractivity contribution in [3.63, 3.8) is 0 Å². The SMILES string of the molecule is CCOc1ccc(CNC(=NC)NCCC(F)(F)F)cc1F. The lowest BCUT2D eigenvalue weighted by Crippen LogP contribution is -2.38. The number of benzene rings is 1. The summed E-state index contributed by atoms with van der Waals surface area (Å²) in [4.78, 5) is 3.80. The van der Waals surface area contributed by atoms with Crippen LogP contribution in [0.5, 0.6) is 5.75 Å². The number of nitrogens with one attached hydrogen (secondary N) is 2. The van der Waals surface area contributed by atoms with Crippen LogP contribution in [-0.2, 0) is 6.54 Å². The van der Waals surface area contributed by atoms with E-state index >= 15 is 0 Å². The van der Waals surface area contributed by atoms with Gasteiger partial charge in [-0.25, -0.2) is 4.39 Å². The van der Waals surface area contributed by atoms with E-state index in [1.807, 2.05) is 0 Å². The second kappa shape index (κ2) is 8.45. The third-order valence-electron chi connectivity index (χ3n) is 2.68. The van der Waals surface area contributed by atoms with E-state index in [9.17, 15) is 17.6 Å². The average molecular weight is 321 g/mol. The summed E-state index contributed by atoms with van der Waals surface area (Å²) in [6.07, 6.45) is -5.17. The molecule has 0 heterocycles. The molecule has 1 aromatic rings. The molecule has 0 atom stereocenters. The molecular formula is C14H19F4N3O. The summed E-state index contributed by atoms with van der Waals surface area (Å²) in [7, 11) is 1.45. The van der Waals surface area contributed by atoms with Crippen LogP contribution in [0.15, 0.2) is 23.2 Å². The first-order chi connectivity index (χ1) is 10.4. The van der Waals surface area contributed by atoms with E-state index in [0.717, 1.165) is 0 Å². The molecule has 0 amide bonds. The van der Waals surface area contributed by atoms with E-state index in [-0.39, 0.29) is 24.8 Å². The highest BCUT2D eigenvalue weighted by Crippen LogP contribution is 2.19. The molecule has 0 bridgehead atoms. The molecule has 2 N–H and O–H groups in total.